The molecule has 1 saturated heterocycles. The Bertz CT molecular complexity index is 535. The molecule has 0 saturated carbocycles. The lowest BCUT2D eigenvalue weighted by Gasteiger charge is -2.15. The number of aliphatic hydroxyl groups excluding tert-OH is 1. The molecule has 0 aliphatic carbocycles. The van der Waals surface area contributed by atoms with Crippen LogP contribution in [0.4, 0.5) is 0 Å². The third-order valence-corrected chi connectivity index (χ3v) is 3.60. The molecule has 1 aliphatic heterocycles. The van der Waals surface area contributed by atoms with Gasteiger partial charge in [0.2, 0.25) is 0 Å². The Hall–Kier alpha value is -1.45. The highest BCUT2D eigenvalue weighted by Crippen LogP contribution is 2.27. The zero-order chi connectivity index (χ0) is 12.4. The van der Waals surface area contributed by atoms with Gasteiger partial charge in [0, 0.05) is 24.8 Å². The molecule has 3 nitrogen and oxygen atoms in total. The molecule has 0 bridgehead atoms. The van der Waals surface area contributed by atoms with Gasteiger partial charge in [0.1, 0.15) is 0 Å². The van der Waals surface area contributed by atoms with Crippen LogP contribution >= 0.6 is 0 Å². The predicted octanol–water partition coefficient (Wildman–Crippen LogP) is 2.69. The molecule has 1 fully saturated rings. The number of hydrogen-bond donors (Lipinski definition) is 1. The summed E-state index contributed by atoms with van der Waals surface area (Å²) >= 11 is 0. The molecule has 3 rings (SSSR count). The van der Waals surface area contributed by atoms with Crippen molar-refractivity contribution in [2.45, 2.75) is 18.9 Å². The highest BCUT2D eigenvalue weighted by molar-refractivity contribution is 5.78. The Morgan fingerprint density at radius 1 is 1.39 bits per heavy atom. The van der Waals surface area contributed by atoms with Crippen LogP contribution in [0.2, 0.25) is 0 Å². The highest BCUT2D eigenvalue weighted by Gasteiger charge is 2.20. The molecule has 2 unspecified atom stereocenters. The first-order valence-electron chi connectivity index (χ1n) is 6.43. The second-order valence-electron chi connectivity index (χ2n) is 4.94. The maximum atomic E-state index is 10.3. The Labute approximate surface area is 106 Å². The summed E-state index contributed by atoms with van der Waals surface area (Å²) in [5, 5.41) is 11.4. The van der Waals surface area contributed by atoms with Gasteiger partial charge in [-0.3, -0.25) is 4.98 Å². The lowest BCUT2D eigenvalue weighted by Crippen LogP contribution is -2.07. The van der Waals surface area contributed by atoms with Crippen molar-refractivity contribution in [3.63, 3.8) is 0 Å². The first kappa shape index (κ1) is 11.6. The van der Waals surface area contributed by atoms with Gasteiger partial charge in [-0.25, -0.2) is 0 Å². The van der Waals surface area contributed by atoms with Crippen molar-refractivity contribution in [2.24, 2.45) is 5.92 Å². The zero-order valence-electron chi connectivity index (χ0n) is 10.2. The quantitative estimate of drug-likeness (QED) is 0.901. The first-order chi connectivity index (χ1) is 8.83. The van der Waals surface area contributed by atoms with E-state index in [0.29, 0.717) is 5.92 Å². The van der Waals surface area contributed by atoms with Gasteiger partial charge in [0.25, 0.3) is 0 Å². The van der Waals surface area contributed by atoms with Crippen molar-refractivity contribution in [3.05, 3.63) is 42.1 Å². The smallest absolute Gasteiger partial charge is 0.0794 e. The molecule has 2 aromatic rings. The third-order valence-electron chi connectivity index (χ3n) is 3.60. The van der Waals surface area contributed by atoms with E-state index in [9.17, 15) is 5.11 Å². The van der Waals surface area contributed by atoms with E-state index in [2.05, 4.69) is 4.98 Å². The monoisotopic (exact) mass is 243 g/mol. The number of aromatic nitrogens is 1. The third kappa shape index (κ3) is 2.37. The summed E-state index contributed by atoms with van der Waals surface area (Å²) in [7, 11) is 0. The van der Waals surface area contributed by atoms with Crippen molar-refractivity contribution in [1.82, 2.24) is 4.98 Å². The summed E-state index contributed by atoms with van der Waals surface area (Å²) in [6.07, 6.45) is 3.20. The van der Waals surface area contributed by atoms with E-state index in [1.807, 2.05) is 30.3 Å². The van der Waals surface area contributed by atoms with Crippen molar-refractivity contribution in [2.75, 3.05) is 13.2 Å². The summed E-state index contributed by atoms with van der Waals surface area (Å²) in [5.41, 5.74) is 1.89. The normalized spacial score (nSPS) is 21.3. The molecular formula is C15H17NO2. The van der Waals surface area contributed by atoms with Gasteiger partial charge in [0.05, 0.1) is 11.6 Å². The predicted molar refractivity (Wildman–Crippen MR) is 70.2 cm³/mol. The van der Waals surface area contributed by atoms with E-state index >= 15 is 0 Å². The SMILES string of the molecule is OC(CC1CCOC1)c1ccc2cccnc2c1. The van der Waals surface area contributed by atoms with E-state index < -0.39 is 6.10 Å². The van der Waals surface area contributed by atoms with E-state index in [-0.39, 0.29) is 0 Å². The topological polar surface area (TPSA) is 42.4 Å². The van der Waals surface area contributed by atoms with Gasteiger partial charge < -0.3 is 9.84 Å². The fourth-order valence-corrected chi connectivity index (χ4v) is 2.51. The van der Waals surface area contributed by atoms with E-state index in [1.54, 1.807) is 6.20 Å². The fourth-order valence-electron chi connectivity index (χ4n) is 2.51. The Balaban J connectivity index is 1.80. The number of benzene rings is 1. The highest BCUT2D eigenvalue weighted by atomic mass is 16.5. The molecule has 2 heterocycles. The lowest BCUT2D eigenvalue weighted by atomic mass is 9.96. The molecule has 3 heteroatoms. The second kappa shape index (κ2) is 5.04. The number of ether oxygens (including phenoxy) is 1. The lowest BCUT2D eigenvalue weighted by molar-refractivity contribution is 0.130. The maximum Gasteiger partial charge on any atom is 0.0794 e. The van der Waals surface area contributed by atoms with Crippen molar-refractivity contribution < 1.29 is 9.84 Å². The van der Waals surface area contributed by atoms with E-state index in [1.165, 1.54) is 0 Å². The van der Waals surface area contributed by atoms with Crippen LogP contribution in [0.1, 0.15) is 24.5 Å². The van der Waals surface area contributed by atoms with Crippen LogP contribution in [0.25, 0.3) is 10.9 Å². The Kier molecular flexibility index (Phi) is 3.26. The standard InChI is InChI=1S/C15H17NO2/c17-15(8-11-5-7-18-10-11)13-4-3-12-2-1-6-16-14(12)9-13/h1-4,6,9,11,15,17H,5,7-8,10H2. The molecule has 0 amide bonds. The summed E-state index contributed by atoms with van der Waals surface area (Å²) in [6, 6.07) is 9.95. The van der Waals surface area contributed by atoms with Gasteiger partial charge in [-0.1, -0.05) is 18.2 Å². The van der Waals surface area contributed by atoms with Crippen LogP contribution in [-0.4, -0.2) is 23.3 Å². The van der Waals surface area contributed by atoms with Gasteiger partial charge >= 0.3 is 0 Å². The summed E-state index contributed by atoms with van der Waals surface area (Å²) in [5.74, 6) is 0.486. The summed E-state index contributed by atoms with van der Waals surface area (Å²) < 4.78 is 5.34. The molecule has 0 spiro atoms. The molecule has 1 aliphatic rings. The van der Waals surface area contributed by atoms with Crippen LogP contribution in [0.3, 0.4) is 0 Å². The molecule has 1 N–H and O–H groups in total. The number of nitrogens with zero attached hydrogens (tertiary/aromatic N) is 1. The van der Waals surface area contributed by atoms with Gasteiger partial charge in [0.15, 0.2) is 0 Å². The van der Waals surface area contributed by atoms with Crippen LogP contribution in [-0.2, 0) is 4.74 Å². The number of pyridine rings is 1. The van der Waals surface area contributed by atoms with Crippen LogP contribution < -0.4 is 0 Å². The first-order valence-corrected chi connectivity index (χ1v) is 6.43. The number of hydrogen-bond acceptors (Lipinski definition) is 3. The van der Waals surface area contributed by atoms with Gasteiger partial charge in [-0.05, 0) is 36.5 Å². The number of rotatable bonds is 3. The summed E-state index contributed by atoms with van der Waals surface area (Å²) in [6.45, 7) is 1.61. The summed E-state index contributed by atoms with van der Waals surface area (Å²) in [4.78, 5) is 4.32. The van der Waals surface area contributed by atoms with Crippen molar-refractivity contribution >= 4 is 10.9 Å². The van der Waals surface area contributed by atoms with E-state index in [0.717, 1.165) is 42.5 Å². The second-order valence-corrected chi connectivity index (χ2v) is 4.94. The van der Waals surface area contributed by atoms with E-state index in [4.69, 9.17) is 4.74 Å². The average Bonchev–Trinajstić information content (AvgIpc) is 2.91. The van der Waals surface area contributed by atoms with Gasteiger partial charge in [-0.15, -0.1) is 0 Å². The number of fused-ring (bicyclic) bond motifs is 1. The van der Waals surface area contributed by atoms with Crippen molar-refractivity contribution in [3.8, 4) is 0 Å². The number of aliphatic hydroxyl groups is 1. The minimum absolute atomic E-state index is 0.414. The molecular weight excluding hydrogens is 226 g/mol. The van der Waals surface area contributed by atoms with Gasteiger partial charge in [-0.2, -0.15) is 0 Å². The Morgan fingerprint density at radius 3 is 3.17 bits per heavy atom. The molecule has 0 radical (unpaired) electrons. The average molecular weight is 243 g/mol. The van der Waals surface area contributed by atoms with Crippen LogP contribution in [0.5, 0.6) is 0 Å². The van der Waals surface area contributed by atoms with Crippen LogP contribution in [0, 0.1) is 5.92 Å². The van der Waals surface area contributed by atoms with Crippen molar-refractivity contribution in [1.29, 1.82) is 0 Å². The minimum atomic E-state index is -0.414. The molecule has 1 aromatic carbocycles. The molecule has 1 aromatic heterocycles. The minimum Gasteiger partial charge on any atom is -0.388 e. The molecule has 18 heavy (non-hydrogen) atoms. The fraction of sp³-hybridized carbons (Fsp3) is 0.400. The Morgan fingerprint density at radius 2 is 2.33 bits per heavy atom. The van der Waals surface area contributed by atoms with Crippen LogP contribution in [0.15, 0.2) is 36.5 Å². The largest absolute Gasteiger partial charge is 0.388 e. The maximum absolute atomic E-state index is 10.3. The molecule has 2 atom stereocenters. The zero-order valence-corrected chi connectivity index (χ0v) is 10.2. The molecule has 94 valence electrons.